The molecule has 0 saturated heterocycles. The van der Waals surface area contributed by atoms with Gasteiger partial charge in [0.1, 0.15) is 11.7 Å². The Balaban J connectivity index is 2.19. The molecule has 1 aliphatic carbocycles. The number of amidine groups is 1. The van der Waals surface area contributed by atoms with E-state index in [0.29, 0.717) is 6.04 Å². The SMILES string of the molecule is CN(c1nc2ccccc2cc1C(=N)N)C1CC1. The number of nitrogens with one attached hydrogen (secondary N) is 1. The summed E-state index contributed by atoms with van der Waals surface area (Å²) in [5, 5.41) is 8.74. The predicted molar refractivity (Wildman–Crippen MR) is 74.2 cm³/mol. The van der Waals surface area contributed by atoms with Crippen LogP contribution in [0.1, 0.15) is 18.4 Å². The monoisotopic (exact) mass is 240 g/mol. The summed E-state index contributed by atoms with van der Waals surface area (Å²) < 4.78 is 0. The zero-order chi connectivity index (χ0) is 12.7. The second-order valence-corrected chi connectivity index (χ2v) is 4.81. The number of hydrogen-bond acceptors (Lipinski definition) is 3. The maximum absolute atomic E-state index is 7.72. The van der Waals surface area contributed by atoms with Crippen molar-refractivity contribution in [3.8, 4) is 0 Å². The maximum atomic E-state index is 7.72. The summed E-state index contributed by atoms with van der Waals surface area (Å²) in [6.07, 6.45) is 2.39. The van der Waals surface area contributed by atoms with Crippen LogP contribution in [-0.4, -0.2) is 23.9 Å². The number of nitrogen functional groups attached to an aromatic ring is 1. The van der Waals surface area contributed by atoms with E-state index >= 15 is 0 Å². The summed E-state index contributed by atoms with van der Waals surface area (Å²) in [5.41, 5.74) is 7.35. The average Bonchev–Trinajstić information content (AvgIpc) is 3.20. The van der Waals surface area contributed by atoms with Crippen LogP contribution in [0.2, 0.25) is 0 Å². The third-order valence-corrected chi connectivity index (χ3v) is 3.42. The molecular formula is C14H16N4. The normalized spacial score (nSPS) is 14.7. The topological polar surface area (TPSA) is 66.0 Å². The van der Waals surface area contributed by atoms with E-state index in [2.05, 4.69) is 9.88 Å². The van der Waals surface area contributed by atoms with Crippen LogP contribution in [0, 0.1) is 5.41 Å². The number of nitrogens with zero attached hydrogens (tertiary/aromatic N) is 2. The van der Waals surface area contributed by atoms with E-state index < -0.39 is 0 Å². The lowest BCUT2D eigenvalue weighted by molar-refractivity contribution is 0.894. The van der Waals surface area contributed by atoms with Crippen LogP contribution >= 0.6 is 0 Å². The zero-order valence-corrected chi connectivity index (χ0v) is 10.4. The van der Waals surface area contributed by atoms with Gasteiger partial charge in [0.05, 0.1) is 11.1 Å². The van der Waals surface area contributed by atoms with Gasteiger partial charge in [-0.15, -0.1) is 0 Å². The number of benzene rings is 1. The Hall–Kier alpha value is -2.10. The van der Waals surface area contributed by atoms with Gasteiger partial charge in [0.2, 0.25) is 0 Å². The first-order valence-corrected chi connectivity index (χ1v) is 6.14. The average molecular weight is 240 g/mol. The minimum atomic E-state index is 0.0794. The van der Waals surface area contributed by atoms with Gasteiger partial charge in [-0.1, -0.05) is 18.2 Å². The van der Waals surface area contributed by atoms with E-state index in [0.717, 1.165) is 22.3 Å². The fourth-order valence-electron chi connectivity index (χ4n) is 2.21. The Kier molecular flexibility index (Phi) is 2.44. The molecule has 1 fully saturated rings. The lowest BCUT2D eigenvalue weighted by atomic mass is 10.1. The van der Waals surface area contributed by atoms with Crippen molar-refractivity contribution in [3.05, 3.63) is 35.9 Å². The molecule has 3 N–H and O–H groups in total. The van der Waals surface area contributed by atoms with Crippen molar-refractivity contribution in [2.45, 2.75) is 18.9 Å². The van der Waals surface area contributed by atoms with Crippen molar-refractivity contribution in [1.29, 1.82) is 5.41 Å². The molecule has 0 radical (unpaired) electrons. The summed E-state index contributed by atoms with van der Waals surface area (Å²) in [6.45, 7) is 0. The number of anilines is 1. The summed E-state index contributed by atoms with van der Waals surface area (Å²) in [6, 6.07) is 10.4. The number of aromatic nitrogens is 1. The van der Waals surface area contributed by atoms with Gasteiger partial charge in [-0.25, -0.2) is 4.98 Å². The summed E-state index contributed by atoms with van der Waals surface area (Å²) in [4.78, 5) is 6.80. The van der Waals surface area contributed by atoms with Gasteiger partial charge in [0.25, 0.3) is 0 Å². The van der Waals surface area contributed by atoms with Crippen LogP contribution in [0.5, 0.6) is 0 Å². The molecule has 3 rings (SSSR count). The van der Waals surface area contributed by atoms with Gasteiger partial charge in [-0.05, 0) is 25.0 Å². The van der Waals surface area contributed by atoms with E-state index in [1.54, 1.807) is 0 Å². The van der Waals surface area contributed by atoms with Crippen LogP contribution in [-0.2, 0) is 0 Å². The van der Waals surface area contributed by atoms with E-state index in [4.69, 9.17) is 11.1 Å². The molecule has 1 aliphatic rings. The Labute approximate surface area is 106 Å². The molecule has 0 spiro atoms. The first-order chi connectivity index (χ1) is 8.66. The molecule has 4 heteroatoms. The molecule has 4 nitrogen and oxygen atoms in total. The minimum absolute atomic E-state index is 0.0794. The second kappa shape index (κ2) is 3.98. The summed E-state index contributed by atoms with van der Waals surface area (Å²) in [7, 11) is 2.03. The van der Waals surface area contributed by atoms with Gasteiger partial charge in [0, 0.05) is 18.5 Å². The summed E-state index contributed by atoms with van der Waals surface area (Å²) in [5.74, 6) is 0.902. The maximum Gasteiger partial charge on any atom is 0.140 e. The molecule has 0 amide bonds. The second-order valence-electron chi connectivity index (χ2n) is 4.81. The van der Waals surface area contributed by atoms with Crippen molar-refractivity contribution in [1.82, 2.24) is 4.98 Å². The molecule has 0 aliphatic heterocycles. The fraction of sp³-hybridized carbons (Fsp3) is 0.286. The first-order valence-electron chi connectivity index (χ1n) is 6.14. The van der Waals surface area contributed by atoms with Crippen LogP contribution < -0.4 is 10.6 Å². The largest absolute Gasteiger partial charge is 0.384 e. The fourth-order valence-corrected chi connectivity index (χ4v) is 2.21. The molecule has 0 unspecified atom stereocenters. The van der Waals surface area contributed by atoms with Crippen molar-refractivity contribution in [2.24, 2.45) is 5.73 Å². The van der Waals surface area contributed by atoms with Crippen LogP contribution in [0.3, 0.4) is 0 Å². The molecule has 18 heavy (non-hydrogen) atoms. The molecule has 1 saturated carbocycles. The molecule has 2 aromatic rings. The van der Waals surface area contributed by atoms with Crippen LogP contribution in [0.4, 0.5) is 5.82 Å². The quantitative estimate of drug-likeness (QED) is 0.638. The van der Waals surface area contributed by atoms with Gasteiger partial charge in [0.15, 0.2) is 0 Å². The molecular weight excluding hydrogens is 224 g/mol. The van der Waals surface area contributed by atoms with Gasteiger partial charge in [-0.3, -0.25) is 5.41 Å². The lowest BCUT2D eigenvalue weighted by Gasteiger charge is -2.21. The minimum Gasteiger partial charge on any atom is -0.384 e. The van der Waals surface area contributed by atoms with E-state index in [-0.39, 0.29) is 5.84 Å². The van der Waals surface area contributed by atoms with Crippen molar-refractivity contribution >= 4 is 22.6 Å². The predicted octanol–water partition coefficient (Wildman–Crippen LogP) is 2.12. The van der Waals surface area contributed by atoms with Crippen molar-refractivity contribution < 1.29 is 0 Å². The highest BCUT2D eigenvalue weighted by Gasteiger charge is 2.29. The highest BCUT2D eigenvalue weighted by Crippen LogP contribution is 2.32. The Morgan fingerprint density at radius 1 is 1.39 bits per heavy atom. The summed E-state index contributed by atoms with van der Waals surface area (Å²) >= 11 is 0. The number of nitrogens with two attached hydrogens (primary N) is 1. The number of fused-ring (bicyclic) bond motifs is 1. The molecule has 0 atom stereocenters. The highest BCUT2D eigenvalue weighted by atomic mass is 15.2. The molecule has 1 aromatic heterocycles. The Morgan fingerprint density at radius 3 is 2.78 bits per heavy atom. The van der Waals surface area contributed by atoms with Gasteiger partial charge < -0.3 is 10.6 Å². The smallest absolute Gasteiger partial charge is 0.140 e. The number of para-hydroxylation sites is 1. The lowest BCUT2D eigenvalue weighted by Crippen LogP contribution is -2.25. The molecule has 92 valence electrons. The zero-order valence-electron chi connectivity index (χ0n) is 10.4. The number of rotatable bonds is 3. The van der Waals surface area contributed by atoms with Crippen LogP contribution in [0.25, 0.3) is 10.9 Å². The molecule has 1 aromatic carbocycles. The van der Waals surface area contributed by atoms with Gasteiger partial charge >= 0.3 is 0 Å². The Bertz CT molecular complexity index is 616. The van der Waals surface area contributed by atoms with Crippen molar-refractivity contribution in [2.75, 3.05) is 11.9 Å². The molecule has 1 heterocycles. The third-order valence-electron chi connectivity index (χ3n) is 3.42. The van der Waals surface area contributed by atoms with E-state index in [9.17, 15) is 0 Å². The van der Waals surface area contributed by atoms with E-state index in [1.807, 2.05) is 37.4 Å². The van der Waals surface area contributed by atoms with Crippen molar-refractivity contribution in [3.63, 3.8) is 0 Å². The third kappa shape index (κ3) is 1.79. The molecule has 0 bridgehead atoms. The standard InChI is InChI=1S/C14H16N4/c1-18(10-6-7-10)14-11(13(15)16)8-9-4-2-3-5-12(9)17-14/h2-5,8,10H,6-7H2,1H3,(H3,15,16). The van der Waals surface area contributed by atoms with Crippen LogP contribution in [0.15, 0.2) is 30.3 Å². The number of hydrogen-bond donors (Lipinski definition) is 2. The van der Waals surface area contributed by atoms with Gasteiger partial charge in [-0.2, -0.15) is 0 Å². The first kappa shape index (κ1) is 11.0. The Morgan fingerprint density at radius 2 is 2.11 bits per heavy atom. The highest BCUT2D eigenvalue weighted by molar-refractivity contribution is 6.03. The number of pyridine rings is 1. The van der Waals surface area contributed by atoms with E-state index in [1.165, 1.54) is 12.8 Å².